The number of hydrogen-bond donors (Lipinski definition) is 2. The zero-order valence-corrected chi connectivity index (χ0v) is 5.67. The molecule has 1 fully saturated rings. The number of carbonyl (C=O) groups is 1. The summed E-state index contributed by atoms with van der Waals surface area (Å²) in [7, 11) is 0. The predicted octanol–water partition coefficient (Wildman–Crippen LogP) is -0.549. The number of nitrogens with one attached hydrogen (secondary N) is 1. The van der Waals surface area contributed by atoms with E-state index in [2.05, 4.69) is 5.32 Å². The molecular weight excluding hydrogens is 137 g/mol. The predicted molar refractivity (Wildman–Crippen MR) is 33.1 cm³/mol. The van der Waals surface area contributed by atoms with E-state index in [0.29, 0.717) is 0 Å². The zero-order chi connectivity index (χ0) is 7.72. The molecule has 3 atom stereocenters. The summed E-state index contributed by atoms with van der Waals surface area (Å²) in [4.78, 5) is 10.6. The van der Waals surface area contributed by atoms with E-state index in [4.69, 9.17) is 5.11 Å². The standard InChI is InChI=1S/C6H10FNO2/c1-3-4(2-9)8-6(10)5(3)7/h3-5,9H,2H2,1H3,(H,8,10)/t3-,4+,5+/m0/s1. The van der Waals surface area contributed by atoms with Gasteiger partial charge in [0.15, 0.2) is 6.17 Å². The summed E-state index contributed by atoms with van der Waals surface area (Å²) >= 11 is 0. The van der Waals surface area contributed by atoms with Crippen molar-refractivity contribution in [1.29, 1.82) is 0 Å². The number of amides is 1. The van der Waals surface area contributed by atoms with Crippen molar-refractivity contribution in [2.45, 2.75) is 19.1 Å². The molecule has 3 nitrogen and oxygen atoms in total. The second kappa shape index (κ2) is 2.54. The van der Waals surface area contributed by atoms with Gasteiger partial charge in [-0.2, -0.15) is 0 Å². The number of aliphatic hydroxyl groups is 1. The van der Waals surface area contributed by atoms with E-state index in [1.54, 1.807) is 6.92 Å². The molecule has 1 saturated heterocycles. The first kappa shape index (κ1) is 7.47. The largest absolute Gasteiger partial charge is 0.394 e. The van der Waals surface area contributed by atoms with Gasteiger partial charge >= 0.3 is 0 Å². The van der Waals surface area contributed by atoms with Crippen molar-refractivity contribution in [2.24, 2.45) is 5.92 Å². The van der Waals surface area contributed by atoms with Crippen LogP contribution in [0.3, 0.4) is 0 Å². The van der Waals surface area contributed by atoms with Gasteiger partial charge in [-0.05, 0) is 0 Å². The molecule has 0 unspecified atom stereocenters. The zero-order valence-electron chi connectivity index (χ0n) is 5.67. The van der Waals surface area contributed by atoms with Crippen LogP contribution in [0.2, 0.25) is 0 Å². The lowest BCUT2D eigenvalue weighted by molar-refractivity contribution is -0.123. The molecule has 1 heterocycles. The Labute approximate surface area is 58.2 Å². The summed E-state index contributed by atoms with van der Waals surface area (Å²) in [5, 5.41) is 10.9. The number of halogens is 1. The van der Waals surface area contributed by atoms with Crippen molar-refractivity contribution in [3.8, 4) is 0 Å². The molecular formula is C6H10FNO2. The van der Waals surface area contributed by atoms with Crippen LogP contribution in [0.5, 0.6) is 0 Å². The second-order valence-electron chi connectivity index (χ2n) is 2.56. The molecule has 0 bridgehead atoms. The normalized spacial score (nSPS) is 39.9. The highest BCUT2D eigenvalue weighted by Gasteiger charge is 2.38. The summed E-state index contributed by atoms with van der Waals surface area (Å²) in [6, 6.07) is -0.400. The van der Waals surface area contributed by atoms with Gasteiger partial charge in [0.25, 0.3) is 5.91 Å². The quantitative estimate of drug-likeness (QED) is 0.523. The van der Waals surface area contributed by atoms with Gasteiger partial charge in [0.1, 0.15) is 0 Å². The Bertz CT molecular complexity index is 151. The van der Waals surface area contributed by atoms with Crippen molar-refractivity contribution in [2.75, 3.05) is 6.61 Å². The Balaban J connectivity index is 2.61. The summed E-state index contributed by atoms with van der Waals surface area (Å²) in [6.07, 6.45) is -1.45. The SMILES string of the molecule is C[C@H]1[C@@H](CO)NC(=O)[C@@H]1F. The minimum Gasteiger partial charge on any atom is -0.394 e. The molecule has 1 amide bonds. The molecule has 10 heavy (non-hydrogen) atoms. The fourth-order valence-electron chi connectivity index (χ4n) is 1.05. The highest BCUT2D eigenvalue weighted by Crippen LogP contribution is 2.18. The molecule has 0 aromatic carbocycles. The van der Waals surface area contributed by atoms with Crippen LogP contribution in [0, 0.1) is 5.92 Å². The molecule has 2 N–H and O–H groups in total. The average molecular weight is 147 g/mol. The Morgan fingerprint density at radius 2 is 2.40 bits per heavy atom. The Morgan fingerprint density at radius 1 is 1.80 bits per heavy atom. The first-order chi connectivity index (χ1) is 4.66. The molecule has 0 saturated carbocycles. The first-order valence-corrected chi connectivity index (χ1v) is 3.22. The van der Waals surface area contributed by atoms with E-state index in [1.807, 2.05) is 0 Å². The Kier molecular flexibility index (Phi) is 1.89. The van der Waals surface area contributed by atoms with E-state index in [0.717, 1.165) is 0 Å². The molecule has 0 spiro atoms. The Hall–Kier alpha value is -0.640. The third-order valence-corrected chi connectivity index (χ3v) is 1.87. The van der Waals surface area contributed by atoms with Crippen molar-refractivity contribution < 1.29 is 14.3 Å². The lowest BCUT2D eigenvalue weighted by atomic mass is 10.0. The smallest absolute Gasteiger partial charge is 0.255 e. The molecule has 0 aromatic heterocycles. The molecule has 4 heteroatoms. The summed E-state index contributed by atoms with van der Waals surface area (Å²) < 4.78 is 12.6. The van der Waals surface area contributed by atoms with Gasteiger partial charge in [-0.15, -0.1) is 0 Å². The highest BCUT2D eigenvalue weighted by molar-refractivity contribution is 5.83. The van der Waals surface area contributed by atoms with E-state index >= 15 is 0 Å². The highest BCUT2D eigenvalue weighted by atomic mass is 19.1. The summed E-state index contributed by atoms with van der Waals surface area (Å²) in [6.45, 7) is 1.41. The molecule has 1 rings (SSSR count). The van der Waals surface area contributed by atoms with Gasteiger partial charge in [-0.25, -0.2) is 4.39 Å². The fourth-order valence-corrected chi connectivity index (χ4v) is 1.05. The van der Waals surface area contributed by atoms with Gasteiger partial charge in [-0.1, -0.05) is 6.92 Å². The first-order valence-electron chi connectivity index (χ1n) is 3.22. The van der Waals surface area contributed by atoms with Gasteiger partial charge in [-0.3, -0.25) is 4.79 Å². The summed E-state index contributed by atoms with van der Waals surface area (Å²) in [5.41, 5.74) is 0. The van der Waals surface area contributed by atoms with E-state index in [1.165, 1.54) is 0 Å². The van der Waals surface area contributed by atoms with Crippen LogP contribution in [0.25, 0.3) is 0 Å². The van der Waals surface area contributed by atoms with E-state index in [9.17, 15) is 9.18 Å². The van der Waals surface area contributed by atoms with Gasteiger partial charge in [0, 0.05) is 5.92 Å². The van der Waals surface area contributed by atoms with Crippen LogP contribution in [-0.2, 0) is 4.79 Å². The molecule has 0 aromatic rings. The van der Waals surface area contributed by atoms with Gasteiger partial charge in [0.05, 0.1) is 12.6 Å². The lowest BCUT2D eigenvalue weighted by Crippen LogP contribution is -2.31. The second-order valence-corrected chi connectivity index (χ2v) is 2.56. The molecule has 0 aliphatic carbocycles. The number of alkyl halides is 1. The number of rotatable bonds is 1. The maximum absolute atomic E-state index is 12.6. The van der Waals surface area contributed by atoms with Crippen LogP contribution >= 0.6 is 0 Å². The van der Waals surface area contributed by atoms with Crippen LogP contribution < -0.4 is 5.32 Å². The van der Waals surface area contributed by atoms with Crippen LogP contribution in [-0.4, -0.2) is 29.8 Å². The maximum atomic E-state index is 12.6. The van der Waals surface area contributed by atoms with Crippen LogP contribution in [0.1, 0.15) is 6.92 Å². The van der Waals surface area contributed by atoms with Crippen molar-refractivity contribution >= 4 is 5.91 Å². The van der Waals surface area contributed by atoms with E-state index in [-0.39, 0.29) is 6.61 Å². The number of hydrogen-bond acceptors (Lipinski definition) is 2. The molecule has 1 aliphatic rings. The molecule has 1 aliphatic heterocycles. The lowest BCUT2D eigenvalue weighted by Gasteiger charge is -2.10. The van der Waals surface area contributed by atoms with Crippen molar-refractivity contribution in [1.82, 2.24) is 5.32 Å². The number of carbonyl (C=O) groups excluding carboxylic acids is 1. The fraction of sp³-hybridized carbons (Fsp3) is 0.833. The minimum atomic E-state index is -1.45. The topological polar surface area (TPSA) is 49.3 Å². The summed E-state index contributed by atoms with van der Waals surface area (Å²) in [5.74, 6) is -1.01. The van der Waals surface area contributed by atoms with Crippen LogP contribution in [0.4, 0.5) is 4.39 Å². The number of aliphatic hydroxyl groups excluding tert-OH is 1. The average Bonchev–Trinajstić information content (AvgIpc) is 2.17. The maximum Gasteiger partial charge on any atom is 0.255 e. The monoisotopic (exact) mass is 147 g/mol. The van der Waals surface area contributed by atoms with Crippen molar-refractivity contribution in [3.63, 3.8) is 0 Å². The van der Waals surface area contributed by atoms with E-state index < -0.39 is 24.0 Å². The van der Waals surface area contributed by atoms with Crippen LogP contribution in [0.15, 0.2) is 0 Å². The third kappa shape index (κ3) is 0.988. The molecule has 0 radical (unpaired) electrons. The van der Waals surface area contributed by atoms with Crippen molar-refractivity contribution in [3.05, 3.63) is 0 Å². The minimum absolute atomic E-state index is 0.187. The van der Waals surface area contributed by atoms with Gasteiger partial charge in [0.2, 0.25) is 0 Å². The molecule has 58 valence electrons. The van der Waals surface area contributed by atoms with Gasteiger partial charge < -0.3 is 10.4 Å². The Morgan fingerprint density at radius 3 is 2.60 bits per heavy atom. The third-order valence-electron chi connectivity index (χ3n) is 1.87.